The van der Waals surface area contributed by atoms with E-state index in [9.17, 15) is 9.90 Å². The van der Waals surface area contributed by atoms with Crippen LogP contribution in [0.5, 0.6) is 11.5 Å². The SMILES string of the molecule is COc1ccc(O)c(C(=O)N(C)CC(C)OC)c1. The molecule has 1 amide bonds. The Balaban J connectivity index is 2.89. The first-order chi connectivity index (χ1) is 8.49. The lowest BCUT2D eigenvalue weighted by Crippen LogP contribution is -2.33. The van der Waals surface area contributed by atoms with Crippen LogP contribution in [0.15, 0.2) is 18.2 Å². The Morgan fingerprint density at radius 1 is 1.44 bits per heavy atom. The van der Waals surface area contributed by atoms with E-state index < -0.39 is 0 Å². The lowest BCUT2D eigenvalue weighted by Gasteiger charge is -2.21. The molecule has 0 saturated carbocycles. The average molecular weight is 253 g/mol. The largest absolute Gasteiger partial charge is 0.507 e. The molecule has 1 unspecified atom stereocenters. The molecule has 0 spiro atoms. The van der Waals surface area contributed by atoms with Gasteiger partial charge in [0.15, 0.2) is 0 Å². The number of aromatic hydroxyl groups is 1. The number of hydrogen-bond acceptors (Lipinski definition) is 4. The first-order valence-electron chi connectivity index (χ1n) is 5.64. The van der Waals surface area contributed by atoms with Crippen molar-refractivity contribution in [1.29, 1.82) is 0 Å². The van der Waals surface area contributed by atoms with Crippen molar-refractivity contribution in [2.24, 2.45) is 0 Å². The molecule has 18 heavy (non-hydrogen) atoms. The highest BCUT2D eigenvalue weighted by Crippen LogP contribution is 2.24. The summed E-state index contributed by atoms with van der Waals surface area (Å²) in [4.78, 5) is 13.6. The highest BCUT2D eigenvalue weighted by Gasteiger charge is 2.18. The van der Waals surface area contributed by atoms with E-state index in [0.29, 0.717) is 12.3 Å². The zero-order valence-corrected chi connectivity index (χ0v) is 11.1. The predicted octanol–water partition coefficient (Wildman–Crippen LogP) is 1.51. The van der Waals surface area contributed by atoms with Crippen molar-refractivity contribution in [3.8, 4) is 11.5 Å². The van der Waals surface area contributed by atoms with Crippen LogP contribution in [0.4, 0.5) is 0 Å². The topological polar surface area (TPSA) is 59.0 Å². The van der Waals surface area contributed by atoms with Crippen molar-refractivity contribution in [1.82, 2.24) is 4.90 Å². The molecule has 0 fully saturated rings. The Bertz CT molecular complexity index is 419. The van der Waals surface area contributed by atoms with Crippen LogP contribution in [-0.2, 0) is 4.74 Å². The second kappa shape index (κ2) is 6.26. The number of hydrogen-bond donors (Lipinski definition) is 1. The number of methoxy groups -OCH3 is 2. The second-order valence-electron chi connectivity index (χ2n) is 4.12. The average Bonchev–Trinajstić information content (AvgIpc) is 2.38. The summed E-state index contributed by atoms with van der Waals surface area (Å²) >= 11 is 0. The number of carbonyl (C=O) groups is 1. The van der Waals surface area contributed by atoms with E-state index in [4.69, 9.17) is 9.47 Å². The van der Waals surface area contributed by atoms with E-state index in [0.717, 1.165) is 0 Å². The molecule has 5 heteroatoms. The van der Waals surface area contributed by atoms with Gasteiger partial charge >= 0.3 is 0 Å². The summed E-state index contributed by atoms with van der Waals surface area (Å²) in [6.45, 7) is 2.32. The fraction of sp³-hybridized carbons (Fsp3) is 0.462. The highest BCUT2D eigenvalue weighted by molar-refractivity contribution is 5.97. The molecule has 0 saturated heterocycles. The summed E-state index contributed by atoms with van der Waals surface area (Å²) in [5, 5.41) is 9.71. The van der Waals surface area contributed by atoms with Crippen LogP contribution in [0, 0.1) is 0 Å². The van der Waals surface area contributed by atoms with Crippen LogP contribution in [0.25, 0.3) is 0 Å². The van der Waals surface area contributed by atoms with Crippen LogP contribution in [-0.4, -0.2) is 49.8 Å². The standard InChI is InChI=1S/C13H19NO4/c1-9(17-3)8-14(2)13(16)11-7-10(18-4)5-6-12(11)15/h5-7,9,15H,8H2,1-4H3. The van der Waals surface area contributed by atoms with E-state index in [1.54, 1.807) is 20.2 Å². The minimum atomic E-state index is -0.268. The van der Waals surface area contributed by atoms with Crippen molar-refractivity contribution in [2.45, 2.75) is 13.0 Å². The summed E-state index contributed by atoms with van der Waals surface area (Å²) in [7, 11) is 4.76. The Labute approximate surface area is 107 Å². The molecular weight excluding hydrogens is 234 g/mol. The number of amides is 1. The van der Waals surface area contributed by atoms with Gasteiger partial charge in [0.2, 0.25) is 0 Å². The van der Waals surface area contributed by atoms with Gasteiger partial charge in [-0.2, -0.15) is 0 Å². The van der Waals surface area contributed by atoms with Gasteiger partial charge in [-0.3, -0.25) is 4.79 Å². The molecule has 0 aliphatic carbocycles. The van der Waals surface area contributed by atoms with E-state index >= 15 is 0 Å². The van der Waals surface area contributed by atoms with Gasteiger partial charge in [0.25, 0.3) is 5.91 Å². The Hall–Kier alpha value is -1.75. The zero-order valence-electron chi connectivity index (χ0n) is 11.1. The van der Waals surface area contributed by atoms with Crippen LogP contribution in [0.1, 0.15) is 17.3 Å². The molecule has 0 aliphatic rings. The fourth-order valence-corrected chi connectivity index (χ4v) is 1.56. The summed E-state index contributed by atoms with van der Waals surface area (Å²) in [6.07, 6.45) is -0.0632. The van der Waals surface area contributed by atoms with E-state index in [1.807, 2.05) is 6.92 Å². The van der Waals surface area contributed by atoms with Crippen molar-refractivity contribution in [2.75, 3.05) is 27.8 Å². The van der Waals surface area contributed by atoms with Crippen LogP contribution < -0.4 is 4.74 Å². The smallest absolute Gasteiger partial charge is 0.257 e. The maximum Gasteiger partial charge on any atom is 0.257 e. The van der Waals surface area contributed by atoms with E-state index in [1.165, 1.54) is 24.1 Å². The van der Waals surface area contributed by atoms with Gasteiger partial charge in [-0.05, 0) is 25.1 Å². The summed E-state index contributed by atoms with van der Waals surface area (Å²) < 4.78 is 10.1. The quantitative estimate of drug-likeness (QED) is 0.864. The van der Waals surface area contributed by atoms with Crippen LogP contribution in [0.2, 0.25) is 0 Å². The van der Waals surface area contributed by atoms with Gasteiger partial charge in [0, 0.05) is 20.7 Å². The number of carbonyl (C=O) groups excluding carboxylic acids is 1. The summed E-state index contributed by atoms with van der Waals surface area (Å²) in [5.74, 6) is 0.206. The number of likely N-dealkylation sites (N-methyl/N-ethyl adjacent to an activating group) is 1. The second-order valence-corrected chi connectivity index (χ2v) is 4.12. The van der Waals surface area contributed by atoms with Gasteiger partial charge in [-0.1, -0.05) is 0 Å². The minimum Gasteiger partial charge on any atom is -0.507 e. The molecule has 1 N–H and O–H groups in total. The number of phenols is 1. The number of ether oxygens (including phenoxy) is 2. The van der Waals surface area contributed by atoms with Gasteiger partial charge in [0.1, 0.15) is 11.5 Å². The molecule has 100 valence electrons. The number of nitrogens with zero attached hydrogens (tertiary/aromatic N) is 1. The molecule has 1 aromatic carbocycles. The van der Waals surface area contributed by atoms with Gasteiger partial charge in [0.05, 0.1) is 18.8 Å². The van der Waals surface area contributed by atoms with Crippen molar-refractivity contribution in [3.63, 3.8) is 0 Å². The fourth-order valence-electron chi connectivity index (χ4n) is 1.56. The van der Waals surface area contributed by atoms with Gasteiger partial charge in [-0.25, -0.2) is 0 Å². The number of phenolic OH excluding ortho intramolecular Hbond substituents is 1. The summed E-state index contributed by atoms with van der Waals surface area (Å²) in [6, 6.07) is 4.56. The van der Waals surface area contributed by atoms with Crippen molar-refractivity contribution in [3.05, 3.63) is 23.8 Å². The third-order valence-electron chi connectivity index (χ3n) is 2.71. The Morgan fingerprint density at radius 2 is 2.11 bits per heavy atom. The maximum absolute atomic E-state index is 12.1. The monoisotopic (exact) mass is 253 g/mol. The molecule has 1 rings (SSSR count). The molecule has 0 bridgehead atoms. The number of benzene rings is 1. The van der Waals surface area contributed by atoms with Gasteiger partial charge in [-0.15, -0.1) is 0 Å². The molecule has 0 aromatic heterocycles. The first-order valence-corrected chi connectivity index (χ1v) is 5.64. The lowest BCUT2D eigenvalue weighted by molar-refractivity contribution is 0.0597. The molecule has 0 heterocycles. The third-order valence-corrected chi connectivity index (χ3v) is 2.71. The van der Waals surface area contributed by atoms with E-state index in [2.05, 4.69) is 0 Å². The third kappa shape index (κ3) is 3.37. The van der Waals surface area contributed by atoms with E-state index in [-0.39, 0.29) is 23.3 Å². The Kier molecular flexibility index (Phi) is 4.97. The van der Waals surface area contributed by atoms with Gasteiger partial charge < -0.3 is 19.5 Å². The Morgan fingerprint density at radius 3 is 2.67 bits per heavy atom. The normalized spacial score (nSPS) is 12.0. The maximum atomic E-state index is 12.1. The molecule has 0 aliphatic heterocycles. The molecule has 1 aromatic rings. The molecule has 5 nitrogen and oxygen atoms in total. The summed E-state index contributed by atoms with van der Waals surface area (Å²) in [5.41, 5.74) is 0.222. The molecule has 1 atom stereocenters. The minimum absolute atomic E-state index is 0.0577. The van der Waals surface area contributed by atoms with Crippen molar-refractivity contribution >= 4 is 5.91 Å². The van der Waals surface area contributed by atoms with Crippen LogP contribution >= 0.6 is 0 Å². The zero-order chi connectivity index (χ0) is 13.7. The first kappa shape index (κ1) is 14.3. The molecule has 0 radical (unpaired) electrons. The molecular formula is C13H19NO4. The lowest BCUT2D eigenvalue weighted by atomic mass is 10.1. The highest BCUT2D eigenvalue weighted by atomic mass is 16.5. The van der Waals surface area contributed by atoms with Crippen LogP contribution in [0.3, 0.4) is 0 Å². The number of rotatable bonds is 5. The van der Waals surface area contributed by atoms with Crippen molar-refractivity contribution < 1.29 is 19.4 Å². The predicted molar refractivity (Wildman–Crippen MR) is 68.1 cm³/mol.